The van der Waals surface area contributed by atoms with Gasteiger partial charge >= 0.3 is 0 Å². The number of anilines is 2. The van der Waals surface area contributed by atoms with Crippen LogP contribution in [0.5, 0.6) is 0 Å². The van der Waals surface area contributed by atoms with Crippen molar-refractivity contribution < 1.29 is 0 Å². The average Bonchev–Trinajstić information content (AvgIpc) is 2.44. The fraction of sp³-hybridized carbons (Fsp3) is 0.667. The summed E-state index contributed by atoms with van der Waals surface area (Å²) in [5.41, 5.74) is 1.03. The minimum atomic E-state index is -0.0233. The average molecular weight is 275 g/mol. The van der Waals surface area contributed by atoms with E-state index in [1.54, 1.807) is 0 Å². The van der Waals surface area contributed by atoms with Crippen LogP contribution in [-0.4, -0.2) is 30.1 Å². The molecule has 5 nitrogen and oxygen atoms in total. The Hall–Kier alpha value is -1.83. The molecule has 1 aromatic heterocycles. The van der Waals surface area contributed by atoms with E-state index in [4.69, 9.17) is 10.2 Å². The lowest BCUT2D eigenvalue weighted by Gasteiger charge is -2.26. The van der Waals surface area contributed by atoms with Gasteiger partial charge in [-0.05, 0) is 20.8 Å². The molecule has 110 valence electrons. The van der Waals surface area contributed by atoms with Crippen LogP contribution in [0.15, 0.2) is 0 Å². The van der Waals surface area contributed by atoms with Crippen LogP contribution in [0, 0.1) is 24.2 Å². The summed E-state index contributed by atoms with van der Waals surface area (Å²) in [7, 11) is 1.87. The zero-order chi connectivity index (χ0) is 15.3. The van der Waals surface area contributed by atoms with E-state index < -0.39 is 0 Å². The zero-order valence-corrected chi connectivity index (χ0v) is 13.4. The van der Waals surface area contributed by atoms with E-state index in [0.717, 1.165) is 29.6 Å². The molecule has 0 aliphatic carbocycles. The Morgan fingerprint density at radius 1 is 1.30 bits per heavy atom. The molecular formula is C15H25N5. The fourth-order valence-corrected chi connectivity index (χ4v) is 2.07. The van der Waals surface area contributed by atoms with Gasteiger partial charge in [-0.25, -0.2) is 9.97 Å². The predicted octanol–water partition coefficient (Wildman–Crippen LogP) is 2.94. The third kappa shape index (κ3) is 3.60. The summed E-state index contributed by atoms with van der Waals surface area (Å²) in [4.78, 5) is 11.4. The van der Waals surface area contributed by atoms with Crippen LogP contribution in [0.25, 0.3) is 0 Å². The highest BCUT2D eigenvalue weighted by molar-refractivity contribution is 5.58. The first-order valence-electron chi connectivity index (χ1n) is 7.15. The van der Waals surface area contributed by atoms with Crippen LogP contribution in [0.3, 0.4) is 0 Å². The molecule has 20 heavy (non-hydrogen) atoms. The highest BCUT2D eigenvalue weighted by atomic mass is 15.2. The molecule has 0 aromatic carbocycles. The molecule has 0 aliphatic rings. The Kier molecular flexibility index (Phi) is 5.75. The van der Waals surface area contributed by atoms with Gasteiger partial charge in [0.25, 0.3) is 0 Å². The summed E-state index contributed by atoms with van der Waals surface area (Å²) in [6.07, 6.45) is 0. The second kappa shape index (κ2) is 7.09. The Balaban J connectivity index is 3.26. The van der Waals surface area contributed by atoms with Gasteiger partial charge in [-0.3, -0.25) is 0 Å². The highest BCUT2D eigenvalue weighted by Crippen LogP contribution is 2.26. The van der Waals surface area contributed by atoms with Crippen molar-refractivity contribution in [3.63, 3.8) is 0 Å². The molecule has 1 atom stereocenters. The standard InChI is InChI=1S/C15H25N5/c1-7-20(9-11(4)8-16)15-12(5)14(17-6)18-13(19-15)10(2)3/h10-11H,7,9H2,1-6H3,(H,17,18,19). The van der Waals surface area contributed by atoms with Crippen LogP contribution in [0.4, 0.5) is 11.6 Å². The van der Waals surface area contributed by atoms with Crippen molar-refractivity contribution in [2.45, 2.75) is 40.5 Å². The van der Waals surface area contributed by atoms with Crippen LogP contribution in [-0.2, 0) is 0 Å². The summed E-state index contributed by atoms with van der Waals surface area (Å²) < 4.78 is 0. The molecule has 1 aromatic rings. The number of nitriles is 1. The number of hydrogen-bond donors (Lipinski definition) is 1. The fourth-order valence-electron chi connectivity index (χ4n) is 2.07. The minimum absolute atomic E-state index is 0.0233. The van der Waals surface area contributed by atoms with Crippen LogP contribution >= 0.6 is 0 Å². The largest absolute Gasteiger partial charge is 0.373 e. The van der Waals surface area contributed by atoms with E-state index in [1.165, 1.54) is 0 Å². The molecule has 0 amide bonds. The Labute approximate surface area is 122 Å². The lowest BCUT2D eigenvalue weighted by Crippen LogP contribution is -2.30. The number of nitrogens with one attached hydrogen (secondary N) is 1. The van der Waals surface area contributed by atoms with Gasteiger partial charge in [-0.2, -0.15) is 5.26 Å². The molecule has 0 fully saturated rings. The van der Waals surface area contributed by atoms with Gasteiger partial charge in [-0.1, -0.05) is 13.8 Å². The third-order valence-corrected chi connectivity index (χ3v) is 3.29. The van der Waals surface area contributed by atoms with Gasteiger partial charge in [0.1, 0.15) is 17.5 Å². The number of rotatable bonds is 6. The Morgan fingerprint density at radius 2 is 1.95 bits per heavy atom. The van der Waals surface area contributed by atoms with Gasteiger partial charge in [0.15, 0.2) is 0 Å². The molecule has 0 spiro atoms. The van der Waals surface area contributed by atoms with E-state index >= 15 is 0 Å². The summed E-state index contributed by atoms with van der Waals surface area (Å²) >= 11 is 0. The van der Waals surface area contributed by atoms with Crippen LogP contribution in [0.1, 0.15) is 45.0 Å². The molecule has 1 unspecified atom stereocenters. The summed E-state index contributed by atoms with van der Waals surface area (Å²) in [6.45, 7) is 11.7. The van der Waals surface area contributed by atoms with Crippen molar-refractivity contribution >= 4 is 11.6 Å². The maximum absolute atomic E-state index is 9.02. The zero-order valence-electron chi connectivity index (χ0n) is 13.4. The topological polar surface area (TPSA) is 64.8 Å². The van der Waals surface area contributed by atoms with Crippen molar-refractivity contribution in [1.29, 1.82) is 5.26 Å². The summed E-state index contributed by atoms with van der Waals surface area (Å²) in [5.74, 6) is 2.87. The van der Waals surface area contributed by atoms with Crippen molar-refractivity contribution in [2.24, 2.45) is 5.92 Å². The van der Waals surface area contributed by atoms with E-state index in [1.807, 2.05) is 20.9 Å². The van der Waals surface area contributed by atoms with Gasteiger partial charge in [-0.15, -0.1) is 0 Å². The molecule has 0 aliphatic heterocycles. The first kappa shape index (κ1) is 16.2. The van der Waals surface area contributed by atoms with Gasteiger partial charge in [0, 0.05) is 31.6 Å². The Morgan fingerprint density at radius 3 is 2.40 bits per heavy atom. The number of hydrogen-bond acceptors (Lipinski definition) is 5. The lowest BCUT2D eigenvalue weighted by atomic mass is 10.1. The van der Waals surface area contributed by atoms with Crippen LogP contribution in [0.2, 0.25) is 0 Å². The third-order valence-electron chi connectivity index (χ3n) is 3.29. The van der Waals surface area contributed by atoms with E-state index in [0.29, 0.717) is 6.54 Å². The second-order valence-corrected chi connectivity index (χ2v) is 5.35. The monoisotopic (exact) mass is 275 g/mol. The maximum atomic E-state index is 9.02. The summed E-state index contributed by atoms with van der Waals surface area (Å²) in [6, 6.07) is 2.28. The van der Waals surface area contributed by atoms with Gasteiger partial charge in [0.2, 0.25) is 0 Å². The molecule has 0 radical (unpaired) electrons. The molecule has 0 saturated carbocycles. The minimum Gasteiger partial charge on any atom is -0.373 e. The van der Waals surface area contributed by atoms with Gasteiger partial charge in [0.05, 0.1) is 12.0 Å². The quantitative estimate of drug-likeness (QED) is 0.864. The maximum Gasteiger partial charge on any atom is 0.137 e. The highest BCUT2D eigenvalue weighted by Gasteiger charge is 2.18. The first-order valence-corrected chi connectivity index (χ1v) is 7.15. The summed E-state index contributed by atoms with van der Waals surface area (Å²) in [5, 5.41) is 12.2. The molecule has 0 saturated heterocycles. The second-order valence-electron chi connectivity index (χ2n) is 5.35. The van der Waals surface area contributed by atoms with E-state index in [9.17, 15) is 0 Å². The van der Waals surface area contributed by atoms with Crippen molar-refractivity contribution in [3.05, 3.63) is 11.4 Å². The first-order chi connectivity index (χ1) is 9.44. The van der Waals surface area contributed by atoms with Crippen molar-refractivity contribution in [3.8, 4) is 6.07 Å². The SMILES string of the molecule is CCN(CC(C)C#N)c1nc(C(C)C)nc(NC)c1C. The molecular weight excluding hydrogens is 250 g/mol. The molecule has 5 heteroatoms. The number of aromatic nitrogens is 2. The molecule has 1 heterocycles. The van der Waals surface area contributed by atoms with Crippen LogP contribution < -0.4 is 10.2 Å². The number of nitrogens with zero attached hydrogens (tertiary/aromatic N) is 4. The lowest BCUT2D eigenvalue weighted by molar-refractivity contribution is 0.669. The molecule has 1 rings (SSSR count). The normalized spacial score (nSPS) is 12.1. The predicted molar refractivity (Wildman–Crippen MR) is 83.1 cm³/mol. The smallest absolute Gasteiger partial charge is 0.137 e. The Bertz CT molecular complexity index is 490. The molecule has 0 bridgehead atoms. The van der Waals surface area contributed by atoms with E-state index in [-0.39, 0.29) is 11.8 Å². The van der Waals surface area contributed by atoms with Crippen molar-refractivity contribution in [1.82, 2.24) is 9.97 Å². The van der Waals surface area contributed by atoms with Gasteiger partial charge < -0.3 is 10.2 Å². The molecule has 1 N–H and O–H groups in total. The van der Waals surface area contributed by atoms with E-state index in [2.05, 4.69) is 42.0 Å². The van der Waals surface area contributed by atoms with Crippen molar-refractivity contribution in [2.75, 3.05) is 30.4 Å².